The summed E-state index contributed by atoms with van der Waals surface area (Å²) in [7, 11) is 0. The minimum atomic E-state index is -0.326. The van der Waals surface area contributed by atoms with Crippen molar-refractivity contribution < 1.29 is 9.90 Å². The van der Waals surface area contributed by atoms with Crippen LogP contribution in [0.2, 0.25) is 0 Å². The highest BCUT2D eigenvalue weighted by molar-refractivity contribution is 5.94. The molecule has 17 heavy (non-hydrogen) atoms. The van der Waals surface area contributed by atoms with Crippen molar-refractivity contribution in [3.63, 3.8) is 0 Å². The maximum absolute atomic E-state index is 11.2. The van der Waals surface area contributed by atoms with E-state index < -0.39 is 0 Å². The number of nitrogens with one attached hydrogen (secondary N) is 1. The van der Waals surface area contributed by atoms with Crippen molar-refractivity contribution in [1.29, 1.82) is 0 Å². The maximum atomic E-state index is 11.2. The monoisotopic (exact) mass is 228 g/mol. The van der Waals surface area contributed by atoms with Crippen LogP contribution in [0.25, 0.3) is 11.1 Å². The van der Waals surface area contributed by atoms with Crippen molar-refractivity contribution in [2.45, 2.75) is 0 Å². The Kier molecular flexibility index (Phi) is 3.07. The molecular formula is C13H12N2O2. The van der Waals surface area contributed by atoms with E-state index in [1.807, 2.05) is 6.07 Å². The average molecular weight is 228 g/mol. The molecule has 0 aliphatic carbocycles. The van der Waals surface area contributed by atoms with E-state index >= 15 is 0 Å². The Labute approximate surface area is 98.7 Å². The topological polar surface area (TPSA) is 75.3 Å². The number of carbonyl (C=O) groups excluding carboxylic acids is 1. The molecule has 0 saturated heterocycles. The maximum Gasteiger partial charge on any atom is 0.265 e. The number of aromatic hydroxyl groups is 1. The van der Waals surface area contributed by atoms with Crippen LogP contribution in [0, 0.1) is 0 Å². The Morgan fingerprint density at radius 2 is 1.76 bits per heavy atom. The molecule has 2 aromatic carbocycles. The van der Waals surface area contributed by atoms with E-state index in [2.05, 4.69) is 5.43 Å². The molecule has 0 aliphatic rings. The quantitative estimate of drug-likeness (QED) is 0.415. The summed E-state index contributed by atoms with van der Waals surface area (Å²) in [4.78, 5) is 11.2. The predicted molar refractivity (Wildman–Crippen MR) is 65.2 cm³/mol. The molecule has 0 aliphatic heterocycles. The molecule has 0 fully saturated rings. The minimum absolute atomic E-state index is 0.214. The van der Waals surface area contributed by atoms with Gasteiger partial charge in [-0.25, -0.2) is 5.84 Å². The summed E-state index contributed by atoms with van der Waals surface area (Å²) < 4.78 is 0. The van der Waals surface area contributed by atoms with Gasteiger partial charge in [0.05, 0.1) is 0 Å². The summed E-state index contributed by atoms with van der Waals surface area (Å²) in [6, 6.07) is 13.9. The average Bonchev–Trinajstić information content (AvgIpc) is 2.38. The van der Waals surface area contributed by atoms with Gasteiger partial charge in [-0.2, -0.15) is 0 Å². The third-order valence-corrected chi connectivity index (χ3v) is 2.46. The lowest BCUT2D eigenvalue weighted by Crippen LogP contribution is -2.29. The van der Waals surface area contributed by atoms with Crippen LogP contribution in [0.1, 0.15) is 10.4 Å². The summed E-state index contributed by atoms with van der Waals surface area (Å²) in [5.41, 5.74) is 4.39. The van der Waals surface area contributed by atoms with Gasteiger partial charge < -0.3 is 5.11 Å². The van der Waals surface area contributed by atoms with Crippen LogP contribution in [0.5, 0.6) is 5.75 Å². The Morgan fingerprint density at radius 3 is 2.35 bits per heavy atom. The number of nitrogen functional groups attached to an aromatic ring is 1. The minimum Gasteiger partial charge on any atom is -0.508 e. The number of hydrogen-bond acceptors (Lipinski definition) is 3. The first-order valence-corrected chi connectivity index (χ1v) is 5.11. The first kappa shape index (κ1) is 11.2. The molecule has 0 unspecified atom stereocenters. The molecule has 4 nitrogen and oxygen atoms in total. The number of benzene rings is 2. The molecule has 1 amide bonds. The van der Waals surface area contributed by atoms with Crippen LogP contribution in [0.4, 0.5) is 0 Å². The number of nitrogens with two attached hydrogens (primary N) is 1. The number of hydrogen-bond donors (Lipinski definition) is 3. The third-order valence-electron chi connectivity index (χ3n) is 2.46. The van der Waals surface area contributed by atoms with Crippen LogP contribution >= 0.6 is 0 Å². The zero-order valence-electron chi connectivity index (χ0n) is 9.05. The van der Waals surface area contributed by atoms with Crippen molar-refractivity contribution in [2.75, 3.05) is 0 Å². The van der Waals surface area contributed by atoms with Gasteiger partial charge in [-0.05, 0) is 35.4 Å². The van der Waals surface area contributed by atoms with Crippen molar-refractivity contribution >= 4 is 5.91 Å². The second-order valence-electron chi connectivity index (χ2n) is 3.60. The van der Waals surface area contributed by atoms with Gasteiger partial charge in [0.1, 0.15) is 5.75 Å². The fourth-order valence-corrected chi connectivity index (χ4v) is 1.58. The van der Waals surface area contributed by atoms with Crippen molar-refractivity contribution in [1.82, 2.24) is 5.43 Å². The molecule has 2 rings (SSSR count). The first-order chi connectivity index (χ1) is 8.20. The van der Waals surface area contributed by atoms with Gasteiger partial charge in [-0.15, -0.1) is 0 Å². The zero-order valence-corrected chi connectivity index (χ0v) is 9.05. The van der Waals surface area contributed by atoms with Crippen LogP contribution in [-0.4, -0.2) is 11.0 Å². The molecule has 0 radical (unpaired) electrons. The molecule has 0 spiro atoms. The van der Waals surface area contributed by atoms with Crippen molar-refractivity contribution in [3.05, 3.63) is 54.1 Å². The van der Waals surface area contributed by atoms with Gasteiger partial charge in [-0.3, -0.25) is 10.2 Å². The van der Waals surface area contributed by atoms with Gasteiger partial charge in [0.15, 0.2) is 0 Å². The largest absolute Gasteiger partial charge is 0.508 e. The lowest BCUT2D eigenvalue weighted by molar-refractivity contribution is 0.0953. The van der Waals surface area contributed by atoms with E-state index in [-0.39, 0.29) is 11.7 Å². The molecule has 2 aromatic rings. The second kappa shape index (κ2) is 4.67. The van der Waals surface area contributed by atoms with Gasteiger partial charge in [-0.1, -0.05) is 24.3 Å². The molecular weight excluding hydrogens is 216 g/mol. The van der Waals surface area contributed by atoms with Crippen molar-refractivity contribution in [3.8, 4) is 16.9 Å². The summed E-state index contributed by atoms with van der Waals surface area (Å²) >= 11 is 0. The standard InChI is InChI=1S/C13H12N2O2/c14-15-13(17)10-6-4-9(5-7-10)11-2-1-3-12(16)8-11/h1-8,16H,14H2,(H,15,17). The predicted octanol–water partition coefficient (Wildman–Crippen LogP) is 1.66. The van der Waals surface area contributed by atoms with E-state index in [1.165, 1.54) is 0 Å². The molecule has 86 valence electrons. The number of amides is 1. The van der Waals surface area contributed by atoms with Crippen LogP contribution in [0.15, 0.2) is 48.5 Å². The summed E-state index contributed by atoms with van der Waals surface area (Å²) in [5.74, 6) is 4.93. The normalized spacial score (nSPS) is 9.94. The van der Waals surface area contributed by atoms with Gasteiger partial charge >= 0.3 is 0 Å². The lowest BCUT2D eigenvalue weighted by atomic mass is 10.0. The van der Waals surface area contributed by atoms with Crippen LogP contribution in [-0.2, 0) is 0 Å². The fourth-order valence-electron chi connectivity index (χ4n) is 1.58. The fraction of sp³-hybridized carbons (Fsp3) is 0. The summed E-state index contributed by atoms with van der Waals surface area (Å²) in [5, 5.41) is 9.37. The lowest BCUT2D eigenvalue weighted by Gasteiger charge is -2.04. The molecule has 0 atom stereocenters. The number of rotatable bonds is 2. The molecule has 4 heteroatoms. The Bertz CT molecular complexity index is 535. The van der Waals surface area contributed by atoms with E-state index in [0.717, 1.165) is 11.1 Å². The highest BCUT2D eigenvalue weighted by Gasteiger charge is 2.03. The van der Waals surface area contributed by atoms with Gasteiger partial charge in [0.25, 0.3) is 5.91 Å². The highest BCUT2D eigenvalue weighted by atomic mass is 16.3. The second-order valence-corrected chi connectivity index (χ2v) is 3.60. The molecule has 0 saturated carbocycles. The third kappa shape index (κ3) is 2.43. The number of carbonyl (C=O) groups is 1. The van der Waals surface area contributed by atoms with E-state index in [4.69, 9.17) is 5.84 Å². The van der Waals surface area contributed by atoms with Gasteiger partial charge in [0.2, 0.25) is 0 Å². The highest BCUT2D eigenvalue weighted by Crippen LogP contribution is 2.23. The molecule has 0 aromatic heterocycles. The molecule has 0 heterocycles. The number of phenols is 1. The van der Waals surface area contributed by atoms with Crippen LogP contribution < -0.4 is 11.3 Å². The van der Waals surface area contributed by atoms with Crippen molar-refractivity contribution in [2.24, 2.45) is 5.84 Å². The van der Waals surface area contributed by atoms with E-state index in [9.17, 15) is 9.90 Å². The molecule has 0 bridgehead atoms. The van der Waals surface area contributed by atoms with Gasteiger partial charge in [0, 0.05) is 5.56 Å². The SMILES string of the molecule is NNC(=O)c1ccc(-c2cccc(O)c2)cc1. The first-order valence-electron chi connectivity index (χ1n) is 5.11. The Balaban J connectivity index is 2.32. The summed E-state index contributed by atoms with van der Waals surface area (Å²) in [6.45, 7) is 0. The zero-order chi connectivity index (χ0) is 12.3. The molecule has 4 N–H and O–H groups in total. The summed E-state index contributed by atoms with van der Waals surface area (Å²) in [6.07, 6.45) is 0. The van der Waals surface area contributed by atoms with E-state index in [1.54, 1.807) is 42.5 Å². The number of phenolic OH excluding ortho intramolecular Hbond substituents is 1. The smallest absolute Gasteiger partial charge is 0.265 e. The van der Waals surface area contributed by atoms with E-state index in [0.29, 0.717) is 5.56 Å². The Morgan fingerprint density at radius 1 is 1.06 bits per heavy atom. The number of hydrazine groups is 1. The Hall–Kier alpha value is -2.33. The van der Waals surface area contributed by atoms with Crippen LogP contribution in [0.3, 0.4) is 0 Å².